The number of hydrogen-bond acceptors (Lipinski definition) is 4. The van der Waals surface area contributed by atoms with E-state index in [1.54, 1.807) is 17.0 Å². The molecule has 3 aliphatic rings. The molecule has 5 rings (SSSR count). The van der Waals surface area contributed by atoms with Gasteiger partial charge in [0.1, 0.15) is 17.2 Å². The van der Waals surface area contributed by atoms with Gasteiger partial charge in [-0.05, 0) is 42.7 Å². The van der Waals surface area contributed by atoms with Crippen LogP contribution in [0, 0.1) is 11.7 Å². The summed E-state index contributed by atoms with van der Waals surface area (Å²) in [5, 5.41) is 2.92. The average molecular weight is 480 g/mol. The fourth-order valence-electron chi connectivity index (χ4n) is 5.35. The third-order valence-electron chi connectivity index (χ3n) is 7.42. The molecule has 2 aromatic rings. The first-order chi connectivity index (χ1) is 16.9. The smallest absolute Gasteiger partial charge is 0.228 e. The maximum atomic E-state index is 13.2. The zero-order valence-corrected chi connectivity index (χ0v) is 19.7. The summed E-state index contributed by atoms with van der Waals surface area (Å²) in [5.74, 6) is 0.333. The van der Waals surface area contributed by atoms with E-state index in [-0.39, 0.29) is 42.3 Å². The Bertz CT molecular complexity index is 1100. The van der Waals surface area contributed by atoms with Crippen LogP contribution in [0.25, 0.3) is 0 Å². The number of para-hydroxylation sites is 2. The van der Waals surface area contributed by atoms with E-state index in [4.69, 9.17) is 4.74 Å². The van der Waals surface area contributed by atoms with Gasteiger partial charge in [-0.3, -0.25) is 14.4 Å². The Morgan fingerprint density at radius 1 is 0.971 bits per heavy atom. The minimum atomic E-state index is -0.594. The molecule has 0 radical (unpaired) electrons. The number of rotatable bonds is 3. The Hall–Kier alpha value is -3.42. The number of halogens is 1. The van der Waals surface area contributed by atoms with Crippen LogP contribution in [-0.2, 0) is 20.8 Å². The van der Waals surface area contributed by atoms with E-state index >= 15 is 0 Å². The molecule has 2 fully saturated rings. The number of amides is 3. The summed E-state index contributed by atoms with van der Waals surface area (Å²) in [6.07, 6.45) is 3.01. The van der Waals surface area contributed by atoms with Crippen molar-refractivity contribution in [2.45, 2.75) is 44.1 Å². The van der Waals surface area contributed by atoms with Crippen LogP contribution in [0.4, 0.5) is 10.1 Å². The molecule has 0 aromatic heterocycles. The first kappa shape index (κ1) is 23.3. The number of anilines is 1. The molecule has 184 valence electrons. The lowest BCUT2D eigenvalue weighted by molar-refractivity contribution is -0.143. The molecular formula is C27H30FN3O4. The fraction of sp³-hybridized carbons (Fsp3) is 0.444. The van der Waals surface area contributed by atoms with E-state index in [0.29, 0.717) is 63.3 Å². The van der Waals surface area contributed by atoms with Gasteiger partial charge in [-0.15, -0.1) is 0 Å². The van der Waals surface area contributed by atoms with Crippen molar-refractivity contribution < 1.29 is 23.5 Å². The van der Waals surface area contributed by atoms with Crippen molar-refractivity contribution in [2.24, 2.45) is 5.92 Å². The molecule has 0 aliphatic carbocycles. The van der Waals surface area contributed by atoms with Gasteiger partial charge in [0, 0.05) is 44.9 Å². The number of nitrogens with one attached hydrogen (secondary N) is 1. The first-order valence-corrected chi connectivity index (χ1v) is 12.3. The molecule has 3 heterocycles. The van der Waals surface area contributed by atoms with Gasteiger partial charge in [0.15, 0.2) is 0 Å². The summed E-state index contributed by atoms with van der Waals surface area (Å²) < 4.78 is 19.4. The van der Waals surface area contributed by atoms with Crippen molar-refractivity contribution in [1.29, 1.82) is 0 Å². The van der Waals surface area contributed by atoms with Crippen molar-refractivity contribution in [3.63, 3.8) is 0 Å². The summed E-state index contributed by atoms with van der Waals surface area (Å²) >= 11 is 0. The van der Waals surface area contributed by atoms with Crippen molar-refractivity contribution in [3.8, 4) is 5.75 Å². The maximum Gasteiger partial charge on any atom is 0.228 e. The number of hydrogen-bond donors (Lipinski definition) is 1. The number of carbonyl (C=O) groups is 3. The predicted molar refractivity (Wildman–Crippen MR) is 128 cm³/mol. The second-order valence-corrected chi connectivity index (χ2v) is 9.79. The van der Waals surface area contributed by atoms with Gasteiger partial charge in [0.05, 0.1) is 18.5 Å². The highest BCUT2D eigenvalue weighted by molar-refractivity contribution is 5.93. The third kappa shape index (κ3) is 5.16. The SMILES string of the molecule is O=C1CC2(CCN(C(=O)C3CCN(C(=O)Cc4ccc(F)cc4)CC3)CC2)Oc2ccccc2N1. The Kier molecular flexibility index (Phi) is 6.45. The highest BCUT2D eigenvalue weighted by atomic mass is 19.1. The number of fused-ring (bicyclic) bond motifs is 1. The zero-order valence-electron chi connectivity index (χ0n) is 19.7. The Morgan fingerprint density at radius 3 is 2.37 bits per heavy atom. The van der Waals surface area contributed by atoms with Crippen LogP contribution in [0.15, 0.2) is 48.5 Å². The van der Waals surface area contributed by atoms with E-state index < -0.39 is 5.60 Å². The minimum Gasteiger partial charge on any atom is -0.484 e. The highest BCUT2D eigenvalue weighted by Crippen LogP contribution is 2.38. The van der Waals surface area contributed by atoms with E-state index in [9.17, 15) is 18.8 Å². The summed E-state index contributed by atoms with van der Waals surface area (Å²) in [6.45, 7) is 2.21. The van der Waals surface area contributed by atoms with Gasteiger partial charge >= 0.3 is 0 Å². The molecule has 0 bridgehead atoms. The summed E-state index contributed by atoms with van der Waals surface area (Å²) in [5.41, 5.74) is 0.881. The molecule has 1 N–H and O–H groups in total. The van der Waals surface area contributed by atoms with Crippen LogP contribution in [0.2, 0.25) is 0 Å². The van der Waals surface area contributed by atoms with Crippen LogP contribution in [-0.4, -0.2) is 59.3 Å². The molecule has 3 aliphatic heterocycles. The second kappa shape index (κ2) is 9.68. The molecule has 2 aromatic carbocycles. The van der Waals surface area contributed by atoms with Gasteiger partial charge in [-0.1, -0.05) is 24.3 Å². The largest absolute Gasteiger partial charge is 0.484 e. The quantitative estimate of drug-likeness (QED) is 0.732. The number of piperidine rings is 2. The van der Waals surface area contributed by atoms with Crippen LogP contribution in [0.3, 0.4) is 0 Å². The molecule has 2 saturated heterocycles. The van der Waals surface area contributed by atoms with Crippen molar-refractivity contribution in [2.75, 3.05) is 31.5 Å². The second-order valence-electron chi connectivity index (χ2n) is 9.79. The Morgan fingerprint density at radius 2 is 1.66 bits per heavy atom. The summed E-state index contributed by atoms with van der Waals surface area (Å²) in [4.78, 5) is 42.0. The molecule has 7 nitrogen and oxygen atoms in total. The van der Waals surface area contributed by atoms with Crippen LogP contribution < -0.4 is 10.1 Å². The number of nitrogens with zero attached hydrogens (tertiary/aromatic N) is 2. The lowest BCUT2D eigenvalue weighted by atomic mass is 9.86. The van der Waals surface area contributed by atoms with E-state index in [2.05, 4.69) is 5.32 Å². The van der Waals surface area contributed by atoms with Gasteiger partial charge in [0.25, 0.3) is 0 Å². The first-order valence-electron chi connectivity index (χ1n) is 12.3. The number of benzene rings is 2. The standard InChI is InChI=1S/C27H30FN3O4/c28-21-7-5-19(6-8-21)17-25(33)30-13-9-20(10-14-30)26(34)31-15-11-27(12-16-31)18-24(32)29-22-3-1-2-4-23(22)35-27/h1-8,20H,9-18H2,(H,29,32). The molecule has 8 heteroatoms. The monoisotopic (exact) mass is 479 g/mol. The number of ether oxygens (including phenoxy) is 1. The molecule has 0 atom stereocenters. The molecule has 0 saturated carbocycles. The van der Waals surface area contributed by atoms with E-state index in [0.717, 1.165) is 5.56 Å². The fourth-order valence-corrected chi connectivity index (χ4v) is 5.35. The summed E-state index contributed by atoms with van der Waals surface area (Å²) in [6, 6.07) is 13.4. The van der Waals surface area contributed by atoms with Crippen molar-refractivity contribution >= 4 is 23.4 Å². The topological polar surface area (TPSA) is 79.0 Å². The Balaban J connectivity index is 1.13. The molecule has 0 unspecified atom stereocenters. The van der Waals surface area contributed by atoms with Crippen LogP contribution in [0.1, 0.15) is 37.7 Å². The van der Waals surface area contributed by atoms with E-state index in [1.165, 1.54) is 12.1 Å². The van der Waals surface area contributed by atoms with Crippen LogP contribution >= 0.6 is 0 Å². The van der Waals surface area contributed by atoms with Gasteiger partial charge in [-0.2, -0.15) is 0 Å². The summed E-state index contributed by atoms with van der Waals surface area (Å²) in [7, 11) is 0. The average Bonchev–Trinajstić information content (AvgIpc) is 3.00. The molecule has 35 heavy (non-hydrogen) atoms. The molecule has 3 amide bonds. The lowest BCUT2D eigenvalue weighted by Gasteiger charge is -2.42. The predicted octanol–water partition coefficient (Wildman–Crippen LogP) is 3.39. The van der Waals surface area contributed by atoms with Gasteiger partial charge in [-0.25, -0.2) is 4.39 Å². The lowest BCUT2D eigenvalue weighted by Crippen LogP contribution is -2.52. The Labute approximate surface area is 204 Å². The van der Waals surface area contributed by atoms with E-state index in [1.807, 2.05) is 29.2 Å². The molecular weight excluding hydrogens is 449 g/mol. The highest BCUT2D eigenvalue weighted by Gasteiger charge is 2.43. The maximum absolute atomic E-state index is 13.2. The van der Waals surface area contributed by atoms with Crippen molar-refractivity contribution in [1.82, 2.24) is 9.80 Å². The third-order valence-corrected chi connectivity index (χ3v) is 7.42. The van der Waals surface area contributed by atoms with Gasteiger partial charge < -0.3 is 19.9 Å². The molecule has 1 spiro atoms. The van der Waals surface area contributed by atoms with Gasteiger partial charge in [0.2, 0.25) is 17.7 Å². The zero-order chi connectivity index (χ0) is 24.4. The minimum absolute atomic E-state index is 0.00601. The number of carbonyl (C=O) groups excluding carboxylic acids is 3. The normalized spacial score (nSPS) is 20.0. The number of likely N-dealkylation sites (tertiary alicyclic amines) is 2. The van der Waals surface area contributed by atoms with Crippen LogP contribution in [0.5, 0.6) is 5.75 Å². The van der Waals surface area contributed by atoms with Crippen molar-refractivity contribution in [3.05, 3.63) is 59.9 Å².